The van der Waals surface area contributed by atoms with Gasteiger partial charge in [0.25, 0.3) is 0 Å². The van der Waals surface area contributed by atoms with Crippen LogP contribution in [-0.4, -0.2) is 30.1 Å². The van der Waals surface area contributed by atoms with E-state index in [1.807, 2.05) is 12.1 Å². The number of benzene rings is 1. The maximum absolute atomic E-state index is 9.98. The quantitative estimate of drug-likeness (QED) is 0.787. The summed E-state index contributed by atoms with van der Waals surface area (Å²) in [5.74, 6) is 0.636. The largest absolute Gasteiger partial charge is 0.506 e. The summed E-state index contributed by atoms with van der Waals surface area (Å²) in [7, 11) is 2.18. The van der Waals surface area contributed by atoms with Crippen LogP contribution in [0.4, 0.5) is 0 Å². The van der Waals surface area contributed by atoms with Crippen molar-refractivity contribution in [1.29, 1.82) is 0 Å². The average molecular weight is 292 g/mol. The number of fused-ring (bicyclic) bond motifs is 1. The maximum Gasteiger partial charge on any atom is 0.134 e. The number of allylic oxidation sites excluding steroid dienone is 1. The van der Waals surface area contributed by atoms with E-state index in [0.717, 1.165) is 19.5 Å². The number of phenols is 1. The topological polar surface area (TPSA) is 23.5 Å². The van der Waals surface area contributed by atoms with Crippen LogP contribution in [0.1, 0.15) is 42.7 Å². The predicted octanol–water partition coefficient (Wildman–Crippen LogP) is 4.12. The number of nitrogens with zero attached hydrogens (tertiary/aromatic N) is 1. The number of hydrogen-bond donors (Lipinski definition) is 1. The maximum atomic E-state index is 9.98. The van der Waals surface area contributed by atoms with E-state index in [4.69, 9.17) is 11.6 Å². The molecule has 3 rings (SSSR count). The van der Waals surface area contributed by atoms with E-state index in [2.05, 4.69) is 18.0 Å². The van der Waals surface area contributed by atoms with Gasteiger partial charge in [-0.1, -0.05) is 23.3 Å². The van der Waals surface area contributed by atoms with Crippen molar-refractivity contribution in [2.45, 2.75) is 38.0 Å². The Morgan fingerprint density at radius 3 is 2.85 bits per heavy atom. The number of hydrogen-bond acceptors (Lipinski definition) is 2. The first-order valence-corrected chi connectivity index (χ1v) is 7.91. The molecule has 0 radical (unpaired) electrons. The Balaban J connectivity index is 2.04. The highest BCUT2D eigenvalue weighted by Crippen LogP contribution is 2.39. The van der Waals surface area contributed by atoms with Gasteiger partial charge in [-0.05, 0) is 62.4 Å². The lowest BCUT2D eigenvalue weighted by molar-refractivity contribution is 0.333. The standard InChI is InChI=1S/C17H22ClNO/c1-19-8-7-13-9-16(18)17(20)10-14(13)15(11-19)12-5-3-2-4-6-12/h5,9-10,15,20H,2-4,6-8,11H2,1H3. The van der Waals surface area contributed by atoms with Crippen molar-refractivity contribution >= 4 is 11.6 Å². The first-order chi connectivity index (χ1) is 9.65. The third-order valence-corrected chi connectivity index (χ3v) is 4.92. The third kappa shape index (κ3) is 2.72. The SMILES string of the molecule is CN1CCc2cc(Cl)c(O)cc2C(C2=CCCCC2)C1. The van der Waals surface area contributed by atoms with E-state index in [1.165, 1.54) is 36.8 Å². The molecule has 0 spiro atoms. The lowest BCUT2D eigenvalue weighted by Gasteiger charge is -2.26. The second-order valence-electron chi connectivity index (χ2n) is 6.09. The molecule has 1 aromatic carbocycles. The van der Waals surface area contributed by atoms with E-state index in [0.29, 0.717) is 10.9 Å². The summed E-state index contributed by atoms with van der Waals surface area (Å²) in [6.45, 7) is 2.10. The van der Waals surface area contributed by atoms with Crippen molar-refractivity contribution in [1.82, 2.24) is 4.90 Å². The Hall–Kier alpha value is -0.990. The summed E-state index contributed by atoms with van der Waals surface area (Å²) in [5, 5.41) is 10.5. The Labute approximate surface area is 126 Å². The minimum Gasteiger partial charge on any atom is -0.506 e. The molecule has 108 valence electrons. The normalized spacial score (nSPS) is 23.9. The molecule has 1 unspecified atom stereocenters. The molecule has 20 heavy (non-hydrogen) atoms. The fraction of sp³-hybridized carbons (Fsp3) is 0.529. The zero-order valence-corrected chi connectivity index (χ0v) is 12.8. The second-order valence-corrected chi connectivity index (χ2v) is 6.50. The van der Waals surface area contributed by atoms with Gasteiger partial charge in [-0.3, -0.25) is 0 Å². The molecule has 1 aromatic rings. The van der Waals surface area contributed by atoms with Crippen LogP contribution in [0.25, 0.3) is 0 Å². The monoisotopic (exact) mass is 291 g/mol. The van der Waals surface area contributed by atoms with Crippen molar-refractivity contribution in [3.05, 3.63) is 39.9 Å². The highest BCUT2D eigenvalue weighted by molar-refractivity contribution is 6.32. The zero-order valence-electron chi connectivity index (χ0n) is 12.0. The lowest BCUT2D eigenvalue weighted by atomic mass is 9.82. The molecular weight excluding hydrogens is 270 g/mol. The fourth-order valence-corrected chi connectivity index (χ4v) is 3.66. The molecule has 0 aromatic heterocycles. The number of phenolic OH excluding ortho intramolecular Hbond substituents is 1. The van der Waals surface area contributed by atoms with Gasteiger partial charge in [-0.25, -0.2) is 0 Å². The molecule has 0 amide bonds. The van der Waals surface area contributed by atoms with Gasteiger partial charge in [0, 0.05) is 19.0 Å². The molecule has 1 heterocycles. The van der Waals surface area contributed by atoms with E-state index in [1.54, 1.807) is 5.57 Å². The summed E-state index contributed by atoms with van der Waals surface area (Å²) in [4.78, 5) is 2.39. The first-order valence-electron chi connectivity index (χ1n) is 7.54. The van der Waals surface area contributed by atoms with Crippen molar-refractivity contribution in [2.24, 2.45) is 0 Å². The zero-order chi connectivity index (χ0) is 14.1. The van der Waals surface area contributed by atoms with Crippen LogP contribution in [0, 0.1) is 0 Å². The molecule has 1 aliphatic carbocycles. The van der Waals surface area contributed by atoms with Gasteiger partial charge >= 0.3 is 0 Å². The van der Waals surface area contributed by atoms with Crippen LogP contribution in [0.5, 0.6) is 5.75 Å². The first kappa shape index (κ1) is 14.0. The molecule has 1 N–H and O–H groups in total. The fourth-order valence-electron chi connectivity index (χ4n) is 3.47. The van der Waals surface area contributed by atoms with Crippen LogP contribution in [0.15, 0.2) is 23.8 Å². The van der Waals surface area contributed by atoms with Gasteiger partial charge in [0.2, 0.25) is 0 Å². The molecular formula is C17H22ClNO. The van der Waals surface area contributed by atoms with Crippen molar-refractivity contribution in [3.63, 3.8) is 0 Å². The van der Waals surface area contributed by atoms with Gasteiger partial charge in [-0.15, -0.1) is 0 Å². The van der Waals surface area contributed by atoms with Gasteiger partial charge in [0.1, 0.15) is 5.75 Å². The van der Waals surface area contributed by atoms with Gasteiger partial charge in [0.05, 0.1) is 5.02 Å². The van der Waals surface area contributed by atoms with Gasteiger partial charge in [-0.2, -0.15) is 0 Å². The third-order valence-electron chi connectivity index (χ3n) is 4.61. The number of aromatic hydroxyl groups is 1. The molecule has 0 saturated carbocycles. The molecule has 2 nitrogen and oxygen atoms in total. The highest BCUT2D eigenvalue weighted by Gasteiger charge is 2.26. The summed E-state index contributed by atoms with van der Waals surface area (Å²) in [6, 6.07) is 3.86. The number of likely N-dealkylation sites (N-methyl/N-ethyl adjacent to an activating group) is 1. The van der Waals surface area contributed by atoms with E-state index < -0.39 is 0 Å². The highest BCUT2D eigenvalue weighted by atomic mass is 35.5. The molecule has 0 fully saturated rings. The number of rotatable bonds is 1. The Morgan fingerprint density at radius 2 is 2.10 bits per heavy atom. The second kappa shape index (κ2) is 5.79. The Bertz CT molecular complexity index is 538. The Kier molecular flexibility index (Phi) is 4.04. The molecule has 3 heteroatoms. The predicted molar refractivity (Wildman–Crippen MR) is 83.6 cm³/mol. The van der Waals surface area contributed by atoms with Crippen molar-refractivity contribution in [2.75, 3.05) is 20.1 Å². The van der Waals surface area contributed by atoms with Crippen molar-refractivity contribution in [3.8, 4) is 5.75 Å². The van der Waals surface area contributed by atoms with E-state index in [-0.39, 0.29) is 5.75 Å². The summed E-state index contributed by atoms with van der Waals surface area (Å²) in [5.41, 5.74) is 4.13. The summed E-state index contributed by atoms with van der Waals surface area (Å²) >= 11 is 6.09. The minimum absolute atomic E-state index is 0.219. The van der Waals surface area contributed by atoms with Crippen molar-refractivity contribution < 1.29 is 5.11 Å². The summed E-state index contributed by atoms with van der Waals surface area (Å²) in [6.07, 6.45) is 8.43. The van der Waals surface area contributed by atoms with Crippen LogP contribution in [0.3, 0.4) is 0 Å². The Morgan fingerprint density at radius 1 is 1.25 bits per heavy atom. The summed E-state index contributed by atoms with van der Waals surface area (Å²) < 4.78 is 0. The van der Waals surface area contributed by atoms with Gasteiger partial charge < -0.3 is 10.0 Å². The van der Waals surface area contributed by atoms with Gasteiger partial charge in [0.15, 0.2) is 0 Å². The van der Waals surface area contributed by atoms with Crippen LogP contribution < -0.4 is 0 Å². The molecule has 2 aliphatic rings. The van der Waals surface area contributed by atoms with Crippen LogP contribution in [-0.2, 0) is 6.42 Å². The smallest absolute Gasteiger partial charge is 0.134 e. The average Bonchev–Trinajstić information content (AvgIpc) is 2.61. The van der Waals surface area contributed by atoms with Crippen LogP contribution >= 0.6 is 11.6 Å². The van der Waals surface area contributed by atoms with Crippen LogP contribution in [0.2, 0.25) is 5.02 Å². The molecule has 1 aliphatic heterocycles. The van der Waals surface area contributed by atoms with E-state index in [9.17, 15) is 5.11 Å². The molecule has 0 saturated heterocycles. The number of halogens is 1. The van der Waals surface area contributed by atoms with E-state index >= 15 is 0 Å². The molecule has 0 bridgehead atoms. The lowest BCUT2D eigenvalue weighted by Crippen LogP contribution is -2.25. The minimum atomic E-state index is 0.219. The molecule has 1 atom stereocenters.